The van der Waals surface area contributed by atoms with Gasteiger partial charge in [0.05, 0.1) is 9.40 Å². The zero-order chi connectivity index (χ0) is 14.7. The lowest BCUT2D eigenvalue weighted by molar-refractivity contribution is -0.384. The Bertz CT molecular complexity index is 691. The fourth-order valence-corrected chi connectivity index (χ4v) is 2.30. The van der Waals surface area contributed by atoms with Crippen molar-refractivity contribution in [1.29, 1.82) is 0 Å². The number of hydrogen-bond acceptors (Lipinski definition) is 4. The summed E-state index contributed by atoms with van der Waals surface area (Å²) in [5, 5.41) is 13.4. The molecule has 0 saturated carbocycles. The summed E-state index contributed by atoms with van der Waals surface area (Å²) in [5.41, 5.74) is 0.00763. The van der Waals surface area contributed by atoms with Crippen LogP contribution in [0.3, 0.4) is 0 Å². The van der Waals surface area contributed by atoms with Crippen molar-refractivity contribution in [3.8, 4) is 0 Å². The van der Waals surface area contributed by atoms with Crippen LogP contribution in [0.5, 0.6) is 0 Å². The molecule has 2 aromatic rings. The van der Waals surface area contributed by atoms with E-state index in [0.717, 1.165) is 0 Å². The molecule has 0 aliphatic carbocycles. The number of nitro groups is 1. The van der Waals surface area contributed by atoms with E-state index in [1.807, 2.05) is 0 Å². The lowest BCUT2D eigenvalue weighted by atomic mass is 10.2. The third-order valence-electron chi connectivity index (χ3n) is 2.35. The molecule has 0 fully saturated rings. The number of hydrogen-bond donors (Lipinski definition) is 1. The molecule has 0 atom stereocenters. The van der Waals surface area contributed by atoms with Gasteiger partial charge in [0.1, 0.15) is 5.82 Å². The molecular weight excluding hydrogens is 394 g/mol. The van der Waals surface area contributed by atoms with Crippen LogP contribution >= 0.6 is 31.9 Å². The fraction of sp³-hybridized carbons (Fsp3) is 0. The maximum atomic E-state index is 12.1. The molecule has 0 spiro atoms. The number of pyridine rings is 1. The van der Waals surface area contributed by atoms with Gasteiger partial charge in [-0.2, -0.15) is 0 Å². The minimum Gasteiger partial charge on any atom is -0.306 e. The van der Waals surface area contributed by atoms with Crippen LogP contribution in [0.2, 0.25) is 0 Å². The number of aromatic nitrogens is 1. The number of nitro benzene ring substituents is 1. The van der Waals surface area contributed by atoms with Crippen molar-refractivity contribution >= 4 is 49.3 Å². The topological polar surface area (TPSA) is 85.1 Å². The van der Waals surface area contributed by atoms with E-state index in [0.29, 0.717) is 14.8 Å². The highest BCUT2D eigenvalue weighted by Gasteiger charge is 2.15. The van der Waals surface area contributed by atoms with E-state index < -0.39 is 10.8 Å². The minimum atomic E-state index is -0.557. The second-order valence-corrected chi connectivity index (χ2v) is 5.51. The second kappa shape index (κ2) is 6.10. The number of non-ortho nitro benzene ring substituents is 1. The summed E-state index contributed by atoms with van der Waals surface area (Å²) in [6, 6.07) is 7.47. The van der Waals surface area contributed by atoms with Crippen LogP contribution in [-0.4, -0.2) is 15.8 Å². The van der Waals surface area contributed by atoms with Crippen LogP contribution < -0.4 is 5.32 Å². The van der Waals surface area contributed by atoms with Crippen LogP contribution in [0.25, 0.3) is 0 Å². The summed E-state index contributed by atoms with van der Waals surface area (Å²) >= 11 is 6.39. The third kappa shape index (κ3) is 3.40. The summed E-state index contributed by atoms with van der Waals surface area (Å²) in [7, 11) is 0. The largest absolute Gasteiger partial charge is 0.306 e. The van der Waals surface area contributed by atoms with Gasteiger partial charge in [0, 0.05) is 28.4 Å². The maximum Gasteiger partial charge on any atom is 0.271 e. The maximum absolute atomic E-state index is 12.1. The van der Waals surface area contributed by atoms with Gasteiger partial charge in [0.25, 0.3) is 11.6 Å². The van der Waals surface area contributed by atoms with Gasteiger partial charge in [-0.1, -0.05) is 15.9 Å². The number of halogens is 2. The Morgan fingerprint density at radius 1 is 1.30 bits per heavy atom. The average Bonchev–Trinajstić information content (AvgIpc) is 2.40. The third-order valence-corrected chi connectivity index (χ3v) is 3.44. The number of nitrogens with one attached hydrogen (secondary N) is 1. The first-order valence-corrected chi connectivity index (χ1v) is 6.93. The molecule has 1 N–H and O–H groups in total. The summed E-state index contributed by atoms with van der Waals surface area (Å²) in [4.78, 5) is 26.3. The van der Waals surface area contributed by atoms with Crippen molar-refractivity contribution in [3.05, 3.63) is 61.2 Å². The Morgan fingerprint density at radius 2 is 2.05 bits per heavy atom. The summed E-state index contributed by atoms with van der Waals surface area (Å²) in [6.07, 6.45) is 1.53. The van der Waals surface area contributed by atoms with Gasteiger partial charge in [-0.15, -0.1) is 0 Å². The number of rotatable bonds is 3. The van der Waals surface area contributed by atoms with Crippen LogP contribution in [0.4, 0.5) is 11.5 Å². The highest BCUT2D eigenvalue weighted by molar-refractivity contribution is 9.10. The van der Waals surface area contributed by atoms with Crippen molar-refractivity contribution in [1.82, 2.24) is 4.98 Å². The molecule has 0 unspecified atom stereocenters. The van der Waals surface area contributed by atoms with Crippen molar-refractivity contribution in [3.63, 3.8) is 0 Å². The minimum absolute atomic E-state index is 0.162. The van der Waals surface area contributed by atoms with Crippen molar-refractivity contribution < 1.29 is 9.72 Å². The van der Waals surface area contributed by atoms with Crippen LogP contribution in [0, 0.1) is 10.1 Å². The second-order valence-electron chi connectivity index (χ2n) is 3.74. The Hall–Kier alpha value is -1.80. The first-order valence-electron chi connectivity index (χ1n) is 5.34. The predicted molar refractivity (Wildman–Crippen MR) is 80.7 cm³/mol. The molecule has 0 bridgehead atoms. The van der Waals surface area contributed by atoms with E-state index in [1.54, 1.807) is 12.1 Å². The molecule has 0 aliphatic rings. The Labute approximate surface area is 130 Å². The van der Waals surface area contributed by atoms with E-state index in [4.69, 9.17) is 0 Å². The average molecular weight is 401 g/mol. The number of carbonyl (C=O) groups is 1. The van der Waals surface area contributed by atoms with E-state index in [1.165, 1.54) is 24.4 Å². The molecule has 1 aromatic carbocycles. The van der Waals surface area contributed by atoms with Gasteiger partial charge in [-0.25, -0.2) is 4.98 Å². The highest BCUT2D eigenvalue weighted by Crippen LogP contribution is 2.23. The number of amides is 1. The number of anilines is 1. The number of benzene rings is 1. The Morgan fingerprint density at radius 3 is 2.70 bits per heavy atom. The molecule has 1 amide bonds. The summed E-state index contributed by atoms with van der Waals surface area (Å²) < 4.78 is 1.08. The predicted octanol–water partition coefficient (Wildman–Crippen LogP) is 3.77. The van der Waals surface area contributed by atoms with Gasteiger partial charge in [0.2, 0.25) is 0 Å². The van der Waals surface area contributed by atoms with Crippen LogP contribution in [0.1, 0.15) is 10.4 Å². The van der Waals surface area contributed by atoms with Gasteiger partial charge in [-0.05, 0) is 34.1 Å². The fourth-order valence-electron chi connectivity index (χ4n) is 1.47. The monoisotopic (exact) mass is 399 g/mol. The quantitative estimate of drug-likeness (QED) is 0.627. The van der Waals surface area contributed by atoms with Crippen molar-refractivity contribution in [2.24, 2.45) is 0 Å². The normalized spacial score (nSPS) is 10.1. The lowest BCUT2D eigenvalue weighted by Gasteiger charge is -2.06. The standard InChI is InChI=1S/C12H7Br2N3O3/c13-8-4-7(5-9(6-8)17(19)20)12(18)16-11-10(14)2-1-3-15-11/h1-6H,(H,15,16,18). The number of carbonyl (C=O) groups excluding carboxylic acids is 1. The van der Waals surface area contributed by atoms with E-state index >= 15 is 0 Å². The van der Waals surface area contributed by atoms with E-state index in [-0.39, 0.29) is 11.3 Å². The van der Waals surface area contributed by atoms with Crippen LogP contribution in [0.15, 0.2) is 45.5 Å². The van der Waals surface area contributed by atoms with Gasteiger partial charge < -0.3 is 5.32 Å². The van der Waals surface area contributed by atoms with Crippen molar-refractivity contribution in [2.45, 2.75) is 0 Å². The smallest absolute Gasteiger partial charge is 0.271 e. The zero-order valence-electron chi connectivity index (χ0n) is 9.84. The molecule has 0 radical (unpaired) electrons. The first-order chi connectivity index (χ1) is 9.47. The van der Waals surface area contributed by atoms with E-state index in [2.05, 4.69) is 42.2 Å². The molecule has 0 aliphatic heterocycles. The lowest BCUT2D eigenvalue weighted by Crippen LogP contribution is -2.13. The molecular formula is C12H7Br2N3O3. The first kappa shape index (κ1) is 14.6. The van der Waals surface area contributed by atoms with Crippen LogP contribution in [-0.2, 0) is 0 Å². The summed E-state index contributed by atoms with van der Waals surface area (Å²) in [5.74, 6) is -0.131. The van der Waals surface area contributed by atoms with Gasteiger partial charge in [0.15, 0.2) is 0 Å². The highest BCUT2D eigenvalue weighted by atomic mass is 79.9. The molecule has 1 heterocycles. The van der Waals surface area contributed by atoms with E-state index in [9.17, 15) is 14.9 Å². The molecule has 20 heavy (non-hydrogen) atoms. The molecule has 2 rings (SSSR count). The Kier molecular flexibility index (Phi) is 4.46. The molecule has 102 valence electrons. The number of nitrogens with zero attached hydrogens (tertiary/aromatic N) is 2. The zero-order valence-corrected chi connectivity index (χ0v) is 13.0. The molecule has 0 saturated heterocycles. The molecule has 1 aromatic heterocycles. The molecule has 8 heteroatoms. The van der Waals surface area contributed by atoms with Crippen molar-refractivity contribution in [2.75, 3.05) is 5.32 Å². The Balaban J connectivity index is 2.30. The van der Waals surface area contributed by atoms with Gasteiger partial charge in [-0.3, -0.25) is 14.9 Å². The van der Waals surface area contributed by atoms with Gasteiger partial charge >= 0.3 is 0 Å². The molecule has 6 nitrogen and oxygen atoms in total. The summed E-state index contributed by atoms with van der Waals surface area (Å²) in [6.45, 7) is 0. The SMILES string of the molecule is O=C(Nc1ncccc1Br)c1cc(Br)cc([N+](=O)[O-])c1.